The Morgan fingerprint density at radius 3 is 2.45 bits per heavy atom. The van der Waals surface area contributed by atoms with Crippen molar-refractivity contribution >= 4 is 21.4 Å². The standard InChI is InChI=1S/C14H22N2O3S/c1-14(2,3)15-9-8-13(17)16-11-6-5-7-12(10-11)20(4,18)19/h5-7,10,15H,8-9H2,1-4H3,(H,16,17). The average molecular weight is 298 g/mol. The van der Waals surface area contributed by atoms with Crippen molar-refractivity contribution in [3.05, 3.63) is 24.3 Å². The molecule has 1 rings (SSSR count). The third-order valence-corrected chi connectivity index (χ3v) is 3.66. The summed E-state index contributed by atoms with van der Waals surface area (Å²) in [5.41, 5.74) is 0.463. The van der Waals surface area contributed by atoms with E-state index in [1.54, 1.807) is 12.1 Å². The minimum absolute atomic E-state index is 0.0313. The maximum atomic E-state index is 11.8. The van der Waals surface area contributed by atoms with Crippen molar-refractivity contribution in [1.29, 1.82) is 0 Å². The summed E-state index contributed by atoms with van der Waals surface area (Å²) in [4.78, 5) is 12.0. The summed E-state index contributed by atoms with van der Waals surface area (Å²) in [6, 6.07) is 6.25. The van der Waals surface area contributed by atoms with Crippen LogP contribution in [-0.2, 0) is 14.6 Å². The van der Waals surface area contributed by atoms with Crippen molar-refractivity contribution < 1.29 is 13.2 Å². The van der Waals surface area contributed by atoms with Crippen LogP contribution < -0.4 is 10.6 Å². The van der Waals surface area contributed by atoms with Gasteiger partial charge >= 0.3 is 0 Å². The fraction of sp³-hybridized carbons (Fsp3) is 0.500. The van der Waals surface area contributed by atoms with Gasteiger partial charge in [-0.05, 0) is 39.0 Å². The molecule has 0 atom stereocenters. The van der Waals surface area contributed by atoms with Crippen molar-refractivity contribution in [1.82, 2.24) is 5.32 Å². The largest absolute Gasteiger partial charge is 0.326 e. The van der Waals surface area contributed by atoms with E-state index in [-0.39, 0.29) is 16.3 Å². The van der Waals surface area contributed by atoms with E-state index in [0.29, 0.717) is 18.7 Å². The molecule has 0 aliphatic heterocycles. The number of hydrogen-bond acceptors (Lipinski definition) is 4. The highest BCUT2D eigenvalue weighted by Gasteiger charge is 2.11. The monoisotopic (exact) mass is 298 g/mol. The van der Waals surface area contributed by atoms with Gasteiger partial charge in [-0.3, -0.25) is 4.79 Å². The topological polar surface area (TPSA) is 75.3 Å². The fourth-order valence-electron chi connectivity index (χ4n) is 1.58. The van der Waals surface area contributed by atoms with Gasteiger partial charge in [-0.2, -0.15) is 0 Å². The Kier molecular flexibility index (Phi) is 5.30. The molecule has 0 aliphatic carbocycles. The molecule has 0 aromatic heterocycles. The predicted molar refractivity (Wildman–Crippen MR) is 80.6 cm³/mol. The van der Waals surface area contributed by atoms with Gasteiger partial charge in [0.1, 0.15) is 0 Å². The molecule has 0 saturated heterocycles. The predicted octanol–water partition coefficient (Wildman–Crippen LogP) is 1.81. The molecular formula is C14H22N2O3S. The molecule has 0 spiro atoms. The molecule has 1 amide bonds. The third kappa shape index (κ3) is 6.16. The lowest BCUT2D eigenvalue weighted by molar-refractivity contribution is -0.116. The lowest BCUT2D eigenvalue weighted by atomic mass is 10.1. The Morgan fingerprint density at radius 1 is 1.25 bits per heavy atom. The lowest BCUT2D eigenvalue weighted by Crippen LogP contribution is -2.37. The third-order valence-electron chi connectivity index (χ3n) is 2.55. The van der Waals surface area contributed by atoms with E-state index in [0.717, 1.165) is 6.26 Å². The second-order valence-corrected chi connectivity index (χ2v) is 7.79. The molecule has 0 fully saturated rings. The highest BCUT2D eigenvalue weighted by atomic mass is 32.2. The van der Waals surface area contributed by atoms with Crippen LogP contribution in [-0.4, -0.2) is 32.7 Å². The molecule has 112 valence electrons. The molecule has 1 aromatic rings. The minimum Gasteiger partial charge on any atom is -0.326 e. The molecule has 6 heteroatoms. The van der Waals surface area contributed by atoms with Crippen LogP contribution >= 0.6 is 0 Å². The number of rotatable bonds is 5. The highest BCUT2D eigenvalue weighted by molar-refractivity contribution is 7.90. The van der Waals surface area contributed by atoms with Crippen LogP contribution in [0.1, 0.15) is 27.2 Å². The van der Waals surface area contributed by atoms with E-state index < -0.39 is 9.84 Å². The number of hydrogen-bond donors (Lipinski definition) is 2. The van der Waals surface area contributed by atoms with Crippen molar-refractivity contribution in [3.63, 3.8) is 0 Å². The van der Waals surface area contributed by atoms with Crippen LogP contribution in [0, 0.1) is 0 Å². The van der Waals surface area contributed by atoms with Gasteiger partial charge in [-0.1, -0.05) is 6.07 Å². The zero-order chi connectivity index (χ0) is 15.4. The first-order valence-electron chi connectivity index (χ1n) is 6.43. The normalized spacial score (nSPS) is 12.2. The molecule has 0 heterocycles. The summed E-state index contributed by atoms with van der Waals surface area (Å²) < 4.78 is 22.9. The van der Waals surface area contributed by atoms with Crippen LogP contribution in [0.25, 0.3) is 0 Å². The Labute approximate surface area is 120 Å². The summed E-state index contributed by atoms with van der Waals surface area (Å²) in [5.74, 6) is -0.146. The number of benzene rings is 1. The van der Waals surface area contributed by atoms with Gasteiger partial charge in [-0.25, -0.2) is 8.42 Å². The fourth-order valence-corrected chi connectivity index (χ4v) is 2.25. The zero-order valence-corrected chi connectivity index (χ0v) is 13.2. The number of amides is 1. The second kappa shape index (κ2) is 6.37. The van der Waals surface area contributed by atoms with Crippen LogP contribution in [0.4, 0.5) is 5.69 Å². The summed E-state index contributed by atoms with van der Waals surface area (Å²) in [7, 11) is -3.26. The van der Waals surface area contributed by atoms with Crippen LogP contribution in [0.15, 0.2) is 29.2 Å². The summed E-state index contributed by atoms with van der Waals surface area (Å²) in [6.07, 6.45) is 1.47. The molecule has 1 aromatic carbocycles. The second-order valence-electron chi connectivity index (χ2n) is 5.77. The first kappa shape index (κ1) is 16.7. The number of nitrogens with one attached hydrogen (secondary N) is 2. The van der Waals surface area contributed by atoms with E-state index in [9.17, 15) is 13.2 Å². The highest BCUT2D eigenvalue weighted by Crippen LogP contribution is 2.15. The molecule has 0 aliphatic rings. The Hall–Kier alpha value is -1.40. The molecule has 5 nitrogen and oxygen atoms in total. The zero-order valence-electron chi connectivity index (χ0n) is 12.4. The number of carbonyl (C=O) groups excluding carboxylic acids is 1. The van der Waals surface area contributed by atoms with Crippen molar-refractivity contribution in [2.24, 2.45) is 0 Å². The van der Waals surface area contributed by atoms with E-state index in [1.165, 1.54) is 12.1 Å². The van der Waals surface area contributed by atoms with Gasteiger partial charge in [0.15, 0.2) is 9.84 Å². The van der Waals surface area contributed by atoms with E-state index in [1.807, 2.05) is 20.8 Å². The van der Waals surface area contributed by atoms with Gasteiger partial charge in [0.25, 0.3) is 0 Å². The van der Waals surface area contributed by atoms with Crippen LogP contribution in [0.2, 0.25) is 0 Å². The quantitative estimate of drug-likeness (QED) is 0.869. The van der Waals surface area contributed by atoms with Gasteiger partial charge in [0.2, 0.25) is 5.91 Å². The summed E-state index contributed by atoms with van der Waals surface area (Å²) in [6.45, 7) is 6.66. The minimum atomic E-state index is -3.26. The maximum Gasteiger partial charge on any atom is 0.225 e. The SMILES string of the molecule is CC(C)(C)NCCC(=O)Nc1cccc(S(C)(=O)=O)c1. The maximum absolute atomic E-state index is 11.8. The first-order chi connectivity index (χ1) is 9.08. The number of sulfone groups is 1. The number of carbonyl (C=O) groups is 1. The van der Waals surface area contributed by atoms with Crippen molar-refractivity contribution in [2.45, 2.75) is 37.6 Å². The Morgan fingerprint density at radius 2 is 1.90 bits per heavy atom. The molecule has 0 unspecified atom stereocenters. The Bertz CT molecular complexity index is 574. The van der Waals surface area contributed by atoms with E-state index in [4.69, 9.17) is 0 Å². The van der Waals surface area contributed by atoms with Crippen molar-refractivity contribution in [3.8, 4) is 0 Å². The summed E-state index contributed by atoms with van der Waals surface area (Å²) in [5, 5.41) is 5.91. The average Bonchev–Trinajstić information content (AvgIpc) is 2.26. The molecule has 2 N–H and O–H groups in total. The molecule has 0 radical (unpaired) electrons. The van der Waals surface area contributed by atoms with Crippen molar-refractivity contribution in [2.75, 3.05) is 18.1 Å². The number of anilines is 1. The van der Waals surface area contributed by atoms with Gasteiger partial charge < -0.3 is 10.6 Å². The first-order valence-corrected chi connectivity index (χ1v) is 8.32. The lowest BCUT2D eigenvalue weighted by Gasteiger charge is -2.20. The Balaban J connectivity index is 2.59. The van der Waals surface area contributed by atoms with Crippen LogP contribution in [0.5, 0.6) is 0 Å². The van der Waals surface area contributed by atoms with Gasteiger partial charge in [0, 0.05) is 30.4 Å². The molecule has 20 heavy (non-hydrogen) atoms. The summed E-state index contributed by atoms with van der Waals surface area (Å²) >= 11 is 0. The molecule has 0 saturated carbocycles. The van der Waals surface area contributed by atoms with Crippen LogP contribution in [0.3, 0.4) is 0 Å². The van der Waals surface area contributed by atoms with E-state index in [2.05, 4.69) is 10.6 Å². The molecule has 0 bridgehead atoms. The van der Waals surface area contributed by atoms with Gasteiger partial charge in [0.05, 0.1) is 4.90 Å². The van der Waals surface area contributed by atoms with E-state index >= 15 is 0 Å². The van der Waals surface area contributed by atoms with Gasteiger partial charge in [-0.15, -0.1) is 0 Å². The molecular weight excluding hydrogens is 276 g/mol. The smallest absolute Gasteiger partial charge is 0.225 e.